The van der Waals surface area contributed by atoms with Crippen LogP contribution in [0, 0.1) is 0 Å². The van der Waals surface area contributed by atoms with Gasteiger partial charge in [0.1, 0.15) is 6.10 Å². The summed E-state index contributed by atoms with van der Waals surface area (Å²) in [6, 6.07) is 3.72. The van der Waals surface area contributed by atoms with Crippen molar-refractivity contribution in [3.63, 3.8) is 0 Å². The average molecular weight is 185 g/mol. The van der Waals surface area contributed by atoms with Crippen LogP contribution >= 0.6 is 11.3 Å². The van der Waals surface area contributed by atoms with Crippen LogP contribution in [0.25, 0.3) is 0 Å². The van der Waals surface area contributed by atoms with Crippen molar-refractivity contribution in [2.45, 2.75) is 13.0 Å². The van der Waals surface area contributed by atoms with Gasteiger partial charge in [0.2, 0.25) is 5.91 Å². The quantitative estimate of drug-likeness (QED) is 0.735. The van der Waals surface area contributed by atoms with Gasteiger partial charge in [-0.3, -0.25) is 4.79 Å². The lowest BCUT2D eigenvalue weighted by molar-refractivity contribution is -0.119. The molecule has 0 bridgehead atoms. The molecule has 66 valence electrons. The third-order valence-corrected chi connectivity index (χ3v) is 2.39. The summed E-state index contributed by atoms with van der Waals surface area (Å²) in [7, 11) is 0. The van der Waals surface area contributed by atoms with Gasteiger partial charge in [0.15, 0.2) is 0 Å². The number of hydrogen-bond donors (Lipinski definition) is 2. The van der Waals surface area contributed by atoms with Crippen LogP contribution in [0.15, 0.2) is 17.5 Å². The zero-order valence-electron chi connectivity index (χ0n) is 6.78. The van der Waals surface area contributed by atoms with E-state index in [0.717, 1.165) is 4.88 Å². The highest BCUT2D eigenvalue weighted by Crippen LogP contribution is 2.17. The molecule has 0 radical (unpaired) electrons. The molecule has 1 unspecified atom stereocenters. The Kier molecular flexibility index (Phi) is 3.25. The number of rotatable bonds is 3. The molecule has 3 nitrogen and oxygen atoms in total. The summed E-state index contributed by atoms with van der Waals surface area (Å²) in [5.41, 5.74) is 0. The molecule has 1 rings (SSSR count). The Morgan fingerprint density at radius 1 is 1.83 bits per heavy atom. The van der Waals surface area contributed by atoms with Crippen LogP contribution in [-0.4, -0.2) is 17.6 Å². The van der Waals surface area contributed by atoms with Gasteiger partial charge in [-0.25, -0.2) is 0 Å². The van der Waals surface area contributed by atoms with E-state index in [9.17, 15) is 9.90 Å². The molecule has 1 atom stereocenters. The Morgan fingerprint density at radius 3 is 3.08 bits per heavy atom. The second-order valence-electron chi connectivity index (χ2n) is 2.47. The highest BCUT2D eigenvalue weighted by molar-refractivity contribution is 7.10. The normalized spacial score (nSPS) is 12.5. The standard InChI is InChI=1S/C8H11NO2S/c1-6(10)9-5-7(11)8-3-2-4-12-8/h2-4,7,11H,5H2,1H3,(H,9,10). The van der Waals surface area contributed by atoms with Crippen LogP contribution in [-0.2, 0) is 4.79 Å². The summed E-state index contributed by atoms with van der Waals surface area (Å²) in [6.07, 6.45) is -0.575. The second-order valence-corrected chi connectivity index (χ2v) is 3.45. The molecule has 0 aliphatic rings. The van der Waals surface area contributed by atoms with E-state index in [-0.39, 0.29) is 12.5 Å². The van der Waals surface area contributed by atoms with E-state index < -0.39 is 6.10 Å². The van der Waals surface area contributed by atoms with E-state index in [0.29, 0.717) is 0 Å². The summed E-state index contributed by atoms with van der Waals surface area (Å²) < 4.78 is 0. The summed E-state index contributed by atoms with van der Waals surface area (Å²) in [5.74, 6) is -0.120. The molecule has 1 aromatic rings. The van der Waals surface area contributed by atoms with Crippen molar-refractivity contribution < 1.29 is 9.90 Å². The lowest BCUT2D eigenvalue weighted by Gasteiger charge is -2.07. The zero-order chi connectivity index (χ0) is 8.97. The van der Waals surface area contributed by atoms with E-state index in [2.05, 4.69) is 5.32 Å². The number of carbonyl (C=O) groups excluding carboxylic acids is 1. The first-order chi connectivity index (χ1) is 5.70. The van der Waals surface area contributed by atoms with Crippen LogP contribution < -0.4 is 5.32 Å². The molecule has 0 aliphatic heterocycles. The van der Waals surface area contributed by atoms with Crippen molar-refractivity contribution in [2.24, 2.45) is 0 Å². The van der Waals surface area contributed by atoms with Crippen molar-refractivity contribution in [1.29, 1.82) is 0 Å². The van der Waals surface area contributed by atoms with Crippen molar-refractivity contribution in [3.05, 3.63) is 22.4 Å². The van der Waals surface area contributed by atoms with Crippen molar-refractivity contribution >= 4 is 17.2 Å². The fourth-order valence-electron chi connectivity index (χ4n) is 0.822. The van der Waals surface area contributed by atoms with Gasteiger partial charge < -0.3 is 10.4 Å². The molecule has 2 N–H and O–H groups in total. The van der Waals surface area contributed by atoms with Gasteiger partial charge in [0.25, 0.3) is 0 Å². The number of amides is 1. The molecule has 0 saturated heterocycles. The van der Waals surface area contributed by atoms with Gasteiger partial charge in [0.05, 0.1) is 0 Å². The average Bonchev–Trinajstić information content (AvgIpc) is 2.51. The fourth-order valence-corrected chi connectivity index (χ4v) is 1.53. The number of hydrogen-bond acceptors (Lipinski definition) is 3. The minimum absolute atomic E-state index is 0.120. The van der Waals surface area contributed by atoms with Gasteiger partial charge in [-0.1, -0.05) is 6.07 Å². The van der Waals surface area contributed by atoms with Crippen LogP contribution in [0.1, 0.15) is 17.9 Å². The van der Waals surface area contributed by atoms with E-state index in [1.165, 1.54) is 18.3 Å². The van der Waals surface area contributed by atoms with E-state index in [1.54, 1.807) is 0 Å². The number of aliphatic hydroxyl groups is 1. The highest BCUT2D eigenvalue weighted by Gasteiger charge is 2.07. The molecular formula is C8H11NO2S. The summed E-state index contributed by atoms with van der Waals surface area (Å²) in [5, 5.41) is 13.9. The van der Waals surface area contributed by atoms with Crippen LogP contribution in [0.2, 0.25) is 0 Å². The highest BCUT2D eigenvalue weighted by atomic mass is 32.1. The van der Waals surface area contributed by atoms with Crippen molar-refractivity contribution in [1.82, 2.24) is 5.32 Å². The van der Waals surface area contributed by atoms with Crippen LogP contribution in [0.3, 0.4) is 0 Å². The van der Waals surface area contributed by atoms with E-state index in [4.69, 9.17) is 0 Å². The molecule has 1 amide bonds. The summed E-state index contributed by atoms with van der Waals surface area (Å²) in [4.78, 5) is 11.4. The Hall–Kier alpha value is -0.870. The monoisotopic (exact) mass is 185 g/mol. The van der Waals surface area contributed by atoms with Crippen LogP contribution in [0.5, 0.6) is 0 Å². The lowest BCUT2D eigenvalue weighted by Crippen LogP contribution is -2.25. The topological polar surface area (TPSA) is 49.3 Å². The van der Waals surface area contributed by atoms with Gasteiger partial charge in [-0.15, -0.1) is 11.3 Å². The maximum Gasteiger partial charge on any atom is 0.216 e. The van der Waals surface area contributed by atoms with Crippen molar-refractivity contribution in [2.75, 3.05) is 6.54 Å². The fraction of sp³-hybridized carbons (Fsp3) is 0.375. The third kappa shape index (κ3) is 2.64. The van der Waals surface area contributed by atoms with Gasteiger partial charge in [-0.2, -0.15) is 0 Å². The predicted octanol–water partition coefficient (Wildman–Crippen LogP) is 0.918. The summed E-state index contributed by atoms with van der Waals surface area (Å²) in [6.45, 7) is 1.72. The molecule has 1 heterocycles. The minimum atomic E-state index is -0.575. The van der Waals surface area contributed by atoms with Gasteiger partial charge >= 0.3 is 0 Å². The molecule has 0 aromatic carbocycles. The minimum Gasteiger partial charge on any atom is -0.386 e. The lowest BCUT2D eigenvalue weighted by atomic mass is 10.3. The van der Waals surface area contributed by atoms with Gasteiger partial charge in [0, 0.05) is 18.3 Å². The predicted molar refractivity (Wildman–Crippen MR) is 48.0 cm³/mol. The molecule has 12 heavy (non-hydrogen) atoms. The SMILES string of the molecule is CC(=O)NCC(O)c1cccs1. The second kappa shape index (κ2) is 4.23. The molecule has 4 heteroatoms. The number of carbonyl (C=O) groups is 1. The Labute approximate surface area is 75.0 Å². The molecule has 1 aromatic heterocycles. The van der Waals surface area contributed by atoms with E-state index in [1.807, 2.05) is 17.5 Å². The molecular weight excluding hydrogens is 174 g/mol. The van der Waals surface area contributed by atoms with Gasteiger partial charge in [-0.05, 0) is 11.4 Å². The Balaban J connectivity index is 2.39. The van der Waals surface area contributed by atoms with E-state index >= 15 is 0 Å². The first-order valence-electron chi connectivity index (χ1n) is 3.66. The largest absolute Gasteiger partial charge is 0.386 e. The van der Waals surface area contributed by atoms with Crippen molar-refractivity contribution in [3.8, 4) is 0 Å². The summed E-state index contributed by atoms with van der Waals surface area (Å²) >= 11 is 1.48. The third-order valence-electron chi connectivity index (χ3n) is 1.42. The number of nitrogens with one attached hydrogen (secondary N) is 1. The maximum absolute atomic E-state index is 10.5. The van der Waals surface area contributed by atoms with Crippen LogP contribution in [0.4, 0.5) is 0 Å². The Bertz CT molecular complexity index is 246. The molecule has 0 aliphatic carbocycles. The molecule has 0 spiro atoms. The maximum atomic E-state index is 10.5. The number of thiophene rings is 1. The molecule has 0 fully saturated rings. The zero-order valence-corrected chi connectivity index (χ0v) is 7.60. The first-order valence-corrected chi connectivity index (χ1v) is 4.54. The number of aliphatic hydroxyl groups excluding tert-OH is 1. The smallest absolute Gasteiger partial charge is 0.216 e. The Morgan fingerprint density at radius 2 is 2.58 bits per heavy atom. The molecule has 0 saturated carbocycles. The first kappa shape index (κ1) is 9.22.